The summed E-state index contributed by atoms with van der Waals surface area (Å²) < 4.78 is 6.61. The molecule has 2 heteroatoms. The minimum atomic E-state index is 0.482. The molecule has 1 aromatic rings. The highest BCUT2D eigenvalue weighted by molar-refractivity contribution is 14.1. The number of ether oxygens (including phenoxy) is 1. The number of rotatable bonds is 3. The van der Waals surface area contributed by atoms with E-state index in [1.165, 1.54) is 24.8 Å². The van der Waals surface area contributed by atoms with Crippen LogP contribution in [0.15, 0.2) is 30.3 Å². The summed E-state index contributed by atoms with van der Waals surface area (Å²) in [6, 6.07) is 10.4. The molecule has 2 atom stereocenters. The Morgan fingerprint density at radius 3 is 2.64 bits per heavy atom. The maximum Gasteiger partial charge on any atom is 0.0721 e. The van der Waals surface area contributed by atoms with E-state index in [0.717, 1.165) is 10.5 Å². The van der Waals surface area contributed by atoms with Crippen molar-refractivity contribution in [1.82, 2.24) is 0 Å². The summed E-state index contributed by atoms with van der Waals surface area (Å²) in [5.74, 6) is 0. The Morgan fingerprint density at radius 2 is 2.00 bits per heavy atom. The molecule has 1 fully saturated rings. The van der Waals surface area contributed by atoms with Crippen LogP contribution in [0.1, 0.15) is 24.8 Å². The van der Waals surface area contributed by atoms with Gasteiger partial charge in [0.1, 0.15) is 0 Å². The molecule has 0 aromatic heterocycles. The van der Waals surface area contributed by atoms with Crippen molar-refractivity contribution in [3.05, 3.63) is 35.9 Å². The molecule has 0 radical (unpaired) electrons. The summed E-state index contributed by atoms with van der Waals surface area (Å²) in [5, 5.41) is 0. The molecular formula is C12H15IO. The molecule has 1 aliphatic carbocycles. The zero-order valence-corrected chi connectivity index (χ0v) is 10.3. The average molecular weight is 302 g/mol. The van der Waals surface area contributed by atoms with Crippen molar-refractivity contribution >= 4 is 22.6 Å². The Kier molecular flexibility index (Phi) is 3.81. The van der Waals surface area contributed by atoms with Gasteiger partial charge < -0.3 is 4.74 Å². The highest BCUT2D eigenvalue weighted by Crippen LogP contribution is 2.29. The van der Waals surface area contributed by atoms with Crippen molar-refractivity contribution < 1.29 is 4.74 Å². The minimum absolute atomic E-state index is 0.482. The summed E-state index contributed by atoms with van der Waals surface area (Å²) in [4.78, 5) is 0. The molecule has 1 aliphatic rings. The zero-order chi connectivity index (χ0) is 9.80. The molecule has 76 valence electrons. The van der Waals surface area contributed by atoms with Gasteiger partial charge in [-0.05, 0) is 24.8 Å². The Morgan fingerprint density at radius 1 is 1.21 bits per heavy atom. The number of hydrogen-bond acceptors (Lipinski definition) is 1. The fourth-order valence-electron chi connectivity index (χ4n) is 1.85. The van der Waals surface area contributed by atoms with Crippen LogP contribution in [0, 0.1) is 0 Å². The van der Waals surface area contributed by atoms with Gasteiger partial charge in [-0.2, -0.15) is 0 Å². The SMILES string of the molecule is I[C@H]1CCC[C@@H]1OCc1ccccc1. The van der Waals surface area contributed by atoms with Gasteiger partial charge >= 0.3 is 0 Å². The van der Waals surface area contributed by atoms with Gasteiger partial charge in [0.05, 0.1) is 12.7 Å². The maximum absolute atomic E-state index is 5.89. The van der Waals surface area contributed by atoms with E-state index in [2.05, 4.69) is 46.9 Å². The van der Waals surface area contributed by atoms with Gasteiger partial charge in [-0.25, -0.2) is 0 Å². The third kappa shape index (κ3) is 2.70. The molecule has 14 heavy (non-hydrogen) atoms. The highest BCUT2D eigenvalue weighted by atomic mass is 127. The maximum atomic E-state index is 5.89. The number of benzene rings is 1. The third-order valence-electron chi connectivity index (χ3n) is 2.68. The lowest BCUT2D eigenvalue weighted by Gasteiger charge is -2.15. The third-order valence-corrected chi connectivity index (χ3v) is 4.10. The van der Waals surface area contributed by atoms with Gasteiger partial charge in [0.25, 0.3) is 0 Å². The van der Waals surface area contributed by atoms with Crippen molar-refractivity contribution in [1.29, 1.82) is 0 Å². The van der Waals surface area contributed by atoms with E-state index in [-0.39, 0.29) is 0 Å². The van der Waals surface area contributed by atoms with Gasteiger partial charge in [-0.3, -0.25) is 0 Å². The molecule has 2 rings (SSSR count). The second-order valence-electron chi connectivity index (χ2n) is 3.78. The molecular weight excluding hydrogens is 287 g/mol. The largest absolute Gasteiger partial charge is 0.372 e. The van der Waals surface area contributed by atoms with Crippen molar-refractivity contribution in [2.75, 3.05) is 0 Å². The van der Waals surface area contributed by atoms with Gasteiger partial charge in [-0.1, -0.05) is 52.9 Å². The van der Waals surface area contributed by atoms with E-state index in [1.54, 1.807) is 0 Å². The van der Waals surface area contributed by atoms with Crippen LogP contribution in [-0.2, 0) is 11.3 Å². The first kappa shape index (κ1) is 10.4. The zero-order valence-electron chi connectivity index (χ0n) is 8.16. The molecule has 0 saturated heterocycles. The summed E-state index contributed by atoms with van der Waals surface area (Å²) in [6.07, 6.45) is 4.36. The van der Waals surface area contributed by atoms with Crippen LogP contribution in [0.2, 0.25) is 0 Å². The Hall–Kier alpha value is -0.0900. The average Bonchev–Trinajstić information content (AvgIpc) is 2.63. The summed E-state index contributed by atoms with van der Waals surface area (Å²) in [6.45, 7) is 0.769. The number of hydrogen-bond donors (Lipinski definition) is 0. The van der Waals surface area contributed by atoms with Crippen LogP contribution < -0.4 is 0 Å². The first-order valence-electron chi connectivity index (χ1n) is 5.16. The molecule has 0 N–H and O–H groups in total. The fourth-order valence-corrected chi connectivity index (χ4v) is 2.85. The van der Waals surface area contributed by atoms with Crippen LogP contribution in [0.3, 0.4) is 0 Å². The first-order chi connectivity index (χ1) is 6.86. The fraction of sp³-hybridized carbons (Fsp3) is 0.500. The van der Waals surface area contributed by atoms with Crippen LogP contribution in [0.5, 0.6) is 0 Å². The first-order valence-corrected chi connectivity index (χ1v) is 6.40. The molecule has 1 saturated carbocycles. The molecule has 0 spiro atoms. The van der Waals surface area contributed by atoms with E-state index in [9.17, 15) is 0 Å². The lowest BCUT2D eigenvalue weighted by atomic mass is 10.2. The van der Waals surface area contributed by atoms with E-state index in [1.807, 2.05) is 6.07 Å². The molecule has 0 amide bonds. The predicted molar refractivity (Wildman–Crippen MR) is 66.7 cm³/mol. The predicted octanol–water partition coefficient (Wildman–Crippen LogP) is 3.56. The molecule has 0 bridgehead atoms. The van der Waals surface area contributed by atoms with Crippen LogP contribution in [0.25, 0.3) is 0 Å². The molecule has 1 nitrogen and oxygen atoms in total. The molecule has 0 aliphatic heterocycles. The van der Waals surface area contributed by atoms with Crippen molar-refractivity contribution in [2.45, 2.75) is 35.9 Å². The van der Waals surface area contributed by atoms with Crippen molar-refractivity contribution in [3.8, 4) is 0 Å². The van der Waals surface area contributed by atoms with Crippen LogP contribution >= 0.6 is 22.6 Å². The molecule has 0 unspecified atom stereocenters. The van der Waals surface area contributed by atoms with Gasteiger partial charge in [-0.15, -0.1) is 0 Å². The topological polar surface area (TPSA) is 9.23 Å². The van der Waals surface area contributed by atoms with Crippen molar-refractivity contribution in [3.63, 3.8) is 0 Å². The summed E-state index contributed by atoms with van der Waals surface area (Å²) in [5.41, 5.74) is 1.28. The minimum Gasteiger partial charge on any atom is -0.372 e. The van der Waals surface area contributed by atoms with Gasteiger partial charge in [0, 0.05) is 3.92 Å². The van der Waals surface area contributed by atoms with Crippen molar-refractivity contribution in [2.24, 2.45) is 0 Å². The normalized spacial score (nSPS) is 26.6. The smallest absolute Gasteiger partial charge is 0.0721 e. The molecule has 1 aromatic carbocycles. The van der Waals surface area contributed by atoms with E-state index >= 15 is 0 Å². The second kappa shape index (κ2) is 5.12. The second-order valence-corrected chi connectivity index (χ2v) is 5.38. The lowest BCUT2D eigenvalue weighted by Crippen LogP contribution is -2.17. The molecule has 0 heterocycles. The summed E-state index contributed by atoms with van der Waals surface area (Å²) in [7, 11) is 0. The van der Waals surface area contributed by atoms with E-state index in [0.29, 0.717) is 6.10 Å². The van der Waals surface area contributed by atoms with Gasteiger partial charge in [0.2, 0.25) is 0 Å². The number of halogens is 1. The Labute approximate surface area is 99.0 Å². The van der Waals surface area contributed by atoms with E-state index in [4.69, 9.17) is 4.74 Å². The summed E-state index contributed by atoms with van der Waals surface area (Å²) >= 11 is 2.51. The van der Waals surface area contributed by atoms with E-state index < -0.39 is 0 Å². The Balaban J connectivity index is 1.82. The lowest BCUT2D eigenvalue weighted by molar-refractivity contribution is 0.0514. The van der Waals surface area contributed by atoms with Crippen LogP contribution in [0.4, 0.5) is 0 Å². The Bertz CT molecular complexity index is 273. The number of alkyl halides is 1. The standard InChI is InChI=1S/C12H15IO/c13-11-7-4-8-12(11)14-9-10-5-2-1-3-6-10/h1-3,5-6,11-12H,4,7-9H2/t11-,12-/m0/s1. The highest BCUT2D eigenvalue weighted by Gasteiger charge is 2.25. The monoisotopic (exact) mass is 302 g/mol. The van der Waals surface area contributed by atoms with Crippen LogP contribution in [-0.4, -0.2) is 10.0 Å². The quantitative estimate of drug-likeness (QED) is 0.613. The van der Waals surface area contributed by atoms with Gasteiger partial charge in [0.15, 0.2) is 0 Å².